The lowest BCUT2D eigenvalue weighted by atomic mass is 10.2. The summed E-state index contributed by atoms with van der Waals surface area (Å²) in [5.74, 6) is -3.00. The van der Waals surface area contributed by atoms with Crippen LogP contribution in [0.1, 0.15) is 22.5 Å². The molecule has 0 spiro atoms. The zero-order valence-electron chi connectivity index (χ0n) is 7.76. The summed E-state index contributed by atoms with van der Waals surface area (Å²) in [6.07, 6.45) is -8.88. The second-order valence-corrected chi connectivity index (χ2v) is 2.72. The maximum absolute atomic E-state index is 12.8. The molecule has 0 saturated heterocycles. The minimum Gasteiger partial charge on any atom is -0.404 e. The molecule has 0 atom stereocenters. The highest BCUT2D eigenvalue weighted by molar-refractivity contribution is 5.75. The Balaban J connectivity index is 3.29. The van der Waals surface area contributed by atoms with Gasteiger partial charge in [0.15, 0.2) is 17.7 Å². The molecule has 1 heterocycles. The SMILES string of the molecule is O=Cc1cc(OC(F)(F)F)c(C(F)F)nc1F. The molecule has 0 fully saturated rings. The first kappa shape index (κ1) is 13.3. The third-order valence-corrected chi connectivity index (χ3v) is 1.56. The van der Waals surface area contributed by atoms with E-state index in [2.05, 4.69) is 9.72 Å². The molecule has 94 valence electrons. The number of halogens is 6. The van der Waals surface area contributed by atoms with Crippen LogP contribution < -0.4 is 4.74 Å². The number of carbonyl (C=O) groups excluding carboxylic acids is 1. The second kappa shape index (κ2) is 4.60. The number of rotatable bonds is 3. The van der Waals surface area contributed by atoms with Crippen molar-refractivity contribution in [3.05, 3.63) is 23.3 Å². The van der Waals surface area contributed by atoms with E-state index in [-0.39, 0.29) is 12.4 Å². The molecule has 0 saturated carbocycles. The van der Waals surface area contributed by atoms with Gasteiger partial charge in [-0.3, -0.25) is 4.79 Å². The lowest BCUT2D eigenvalue weighted by Crippen LogP contribution is -2.19. The van der Waals surface area contributed by atoms with Crippen molar-refractivity contribution in [2.75, 3.05) is 0 Å². The lowest BCUT2D eigenvalue weighted by Gasteiger charge is -2.12. The van der Waals surface area contributed by atoms with E-state index >= 15 is 0 Å². The average Bonchev–Trinajstić information content (AvgIpc) is 2.17. The van der Waals surface area contributed by atoms with Gasteiger partial charge in [0.05, 0.1) is 5.56 Å². The second-order valence-electron chi connectivity index (χ2n) is 2.72. The van der Waals surface area contributed by atoms with Crippen LogP contribution in [0.25, 0.3) is 0 Å². The highest BCUT2D eigenvalue weighted by Crippen LogP contribution is 2.32. The van der Waals surface area contributed by atoms with E-state index in [4.69, 9.17) is 0 Å². The predicted molar refractivity (Wildman–Crippen MR) is 41.2 cm³/mol. The molecule has 0 bridgehead atoms. The topological polar surface area (TPSA) is 39.2 Å². The molecule has 0 aliphatic rings. The minimum absolute atomic E-state index is 0.166. The molecule has 1 aromatic heterocycles. The van der Waals surface area contributed by atoms with Gasteiger partial charge in [-0.05, 0) is 6.07 Å². The number of hydrogen-bond donors (Lipinski definition) is 0. The molecule has 0 aromatic carbocycles. The summed E-state index contributed by atoms with van der Waals surface area (Å²) in [6.45, 7) is 0. The van der Waals surface area contributed by atoms with Crippen LogP contribution in [-0.2, 0) is 0 Å². The summed E-state index contributed by atoms with van der Waals surface area (Å²) in [5, 5.41) is 0. The number of nitrogens with zero attached hydrogens (tertiary/aromatic N) is 1. The molecular formula is C8H3F6NO2. The van der Waals surface area contributed by atoms with Crippen LogP contribution in [-0.4, -0.2) is 17.6 Å². The van der Waals surface area contributed by atoms with Gasteiger partial charge in [-0.25, -0.2) is 13.8 Å². The van der Waals surface area contributed by atoms with Crippen LogP contribution in [0.2, 0.25) is 0 Å². The van der Waals surface area contributed by atoms with Gasteiger partial charge in [0.1, 0.15) is 0 Å². The van der Waals surface area contributed by atoms with Gasteiger partial charge in [-0.2, -0.15) is 4.39 Å². The standard InChI is InChI=1S/C8H3F6NO2/c9-6(10)5-4(17-8(12,13)14)1-3(2-16)7(11)15-5/h1-2,6H. The molecule has 0 aliphatic heterocycles. The van der Waals surface area contributed by atoms with Gasteiger partial charge in [-0.1, -0.05) is 0 Å². The van der Waals surface area contributed by atoms with Crippen molar-refractivity contribution in [2.24, 2.45) is 0 Å². The highest BCUT2D eigenvalue weighted by atomic mass is 19.4. The number of carbonyl (C=O) groups is 1. The molecule has 0 aliphatic carbocycles. The quantitative estimate of drug-likeness (QED) is 0.476. The first-order valence-corrected chi connectivity index (χ1v) is 3.94. The Morgan fingerprint density at radius 1 is 1.35 bits per heavy atom. The van der Waals surface area contributed by atoms with Crippen molar-refractivity contribution in [2.45, 2.75) is 12.8 Å². The predicted octanol–water partition coefficient (Wildman–Crippen LogP) is 2.87. The summed E-state index contributed by atoms with van der Waals surface area (Å²) in [4.78, 5) is 12.8. The van der Waals surface area contributed by atoms with Crippen molar-refractivity contribution in [1.29, 1.82) is 0 Å². The van der Waals surface area contributed by atoms with Crippen molar-refractivity contribution in [1.82, 2.24) is 4.98 Å². The number of ether oxygens (including phenoxy) is 1. The summed E-state index contributed by atoms with van der Waals surface area (Å²) in [5.41, 5.74) is -2.43. The van der Waals surface area contributed by atoms with E-state index in [1.165, 1.54) is 0 Å². The van der Waals surface area contributed by atoms with Gasteiger partial charge < -0.3 is 4.74 Å². The highest BCUT2D eigenvalue weighted by Gasteiger charge is 2.34. The molecule has 0 radical (unpaired) electrons. The normalized spacial score (nSPS) is 11.7. The number of aldehydes is 1. The largest absolute Gasteiger partial charge is 0.573 e. The van der Waals surface area contributed by atoms with Gasteiger partial charge >= 0.3 is 6.36 Å². The fourth-order valence-electron chi connectivity index (χ4n) is 0.946. The number of aromatic nitrogens is 1. The molecule has 9 heteroatoms. The Kier molecular flexibility index (Phi) is 3.59. The summed E-state index contributed by atoms with van der Waals surface area (Å²) >= 11 is 0. The van der Waals surface area contributed by atoms with Crippen LogP contribution >= 0.6 is 0 Å². The molecule has 0 unspecified atom stereocenters. The summed E-state index contributed by atoms with van der Waals surface area (Å²) in [6, 6.07) is 0.213. The fraction of sp³-hybridized carbons (Fsp3) is 0.250. The van der Waals surface area contributed by atoms with E-state index in [0.29, 0.717) is 0 Å². The Morgan fingerprint density at radius 3 is 2.35 bits per heavy atom. The molecular weight excluding hydrogens is 256 g/mol. The number of hydrogen-bond acceptors (Lipinski definition) is 3. The molecule has 1 aromatic rings. The van der Waals surface area contributed by atoms with Crippen LogP contribution in [0.3, 0.4) is 0 Å². The number of pyridine rings is 1. The van der Waals surface area contributed by atoms with Crippen LogP contribution in [0.4, 0.5) is 26.3 Å². The molecule has 0 N–H and O–H groups in total. The minimum atomic E-state index is -5.25. The van der Waals surface area contributed by atoms with E-state index in [9.17, 15) is 31.1 Å². The average molecular weight is 259 g/mol. The van der Waals surface area contributed by atoms with E-state index in [1.54, 1.807) is 0 Å². The van der Waals surface area contributed by atoms with E-state index in [0.717, 1.165) is 0 Å². The van der Waals surface area contributed by atoms with E-state index < -0.39 is 35.7 Å². The Hall–Kier alpha value is -1.80. The van der Waals surface area contributed by atoms with Crippen LogP contribution in [0, 0.1) is 5.95 Å². The Morgan fingerprint density at radius 2 is 1.94 bits per heavy atom. The molecule has 3 nitrogen and oxygen atoms in total. The Bertz CT molecular complexity index is 431. The van der Waals surface area contributed by atoms with Crippen molar-refractivity contribution in [3.63, 3.8) is 0 Å². The Labute approximate surface area is 90.0 Å². The lowest BCUT2D eigenvalue weighted by molar-refractivity contribution is -0.275. The van der Waals surface area contributed by atoms with Crippen molar-refractivity contribution < 1.29 is 35.9 Å². The first-order valence-electron chi connectivity index (χ1n) is 3.94. The number of alkyl halides is 5. The third kappa shape index (κ3) is 3.33. The fourth-order valence-corrected chi connectivity index (χ4v) is 0.946. The maximum atomic E-state index is 12.8. The zero-order chi connectivity index (χ0) is 13.2. The van der Waals surface area contributed by atoms with Crippen molar-refractivity contribution >= 4 is 6.29 Å². The smallest absolute Gasteiger partial charge is 0.404 e. The molecule has 0 amide bonds. The monoisotopic (exact) mass is 259 g/mol. The zero-order valence-corrected chi connectivity index (χ0v) is 7.76. The van der Waals surface area contributed by atoms with Gasteiger partial charge in [-0.15, -0.1) is 13.2 Å². The van der Waals surface area contributed by atoms with Gasteiger partial charge in [0, 0.05) is 0 Å². The third-order valence-electron chi connectivity index (χ3n) is 1.56. The van der Waals surface area contributed by atoms with Crippen molar-refractivity contribution in [3.8, 4) is 5.75 Å². The van der Waals surface area contributed by atoms with Crippen LogP contribution in [0.5, 0.6) is 5.75 Å². The van der Waals surface area contributed by atoms with E-state index in [1.807, 2.05) is 0 Å². The summed E-state index contributed by atoms with van der Waals surface area (Å²) in [7, 11) is 0. The molecule has 17 heavy (non-hydrogen) atoms. The first-order chi connectivity index (χ1) is 7.74. The molecule has 1 rings (SSSR count). The summed E-state index contributed by atoms with van der Waals surface area (Å²) < 4.78 is 76.1. The van der Waals surface area contributed by atoms with Gasteiger partial charge in [0.25, 0.3) is 6.43 Å². The maximum Gasteiger partial charge on any atom is 0.573 e. The van der Waals surface area contributed by atoms with Crippen LogP contribution in [0.15, 0.2) is 6.07 Å². The van der Waals surface area contributed by atoms with Gasteiger partial charge in [0.2, 0.25) is 5.95 Å².